The summed E-state index contributed by atoms with van der Waals surface area (Å²) in [5.41, 5.74) is 7.51. The van der Waals surface area contributed by atoms with Crippen molar-refractivity contribution in [3.63, 3.8) is 0 Å². The van der Waals surface area contributed by atoms with Gasteiger partial charge < -0.3 is 19.8 Å². The second-order valence-corrected chi connectivity index (χ2v) is 4.35. The van der Waals surface area contributed by atoms with Crippen LogP contribution in [0.5, 0.6) is 5.88 Å². The van der Waals surface area contributed by atoms with E-state index in [9.17, 15) is 0 Å². The Labute approximate surface area is 113 Å². The zero-order valence-electron chi connectivity index (χ0n) is 11.5. The fraction of sp³-hybridized carbons (Fsp3) is 0.357. The van der Waals surface area contributed by atoms with Crippen molar-refractivity contribution in [1.82, 2.24) is 4.98 Å². The Bertz CT molecular complexity index is 551. The van der Waals surface area contributed by atoms with Crippen LogP contribution in [-0.4, -0.2) is 18.6 Å². The van der Waals surface area contributed by atoms with E-state index in [1.807, 2.05) is 44.0 Å². The summed E-state index contributed by atoms with van der Waals surface area (Å²) in [5, 5.41) is 0. The van der Waals surface area contributed by atoms with Gasteiger partial charge in [-0.1, -0.05) is 0 Å². The molecule has 0 saturated carbocycles. The molecule has 0 bridgehead atoms. The molecule has 0 amide bonds. The largest absolute Gasteiger partial charge is 0.476 e. The molecule has 2 aromatic heterocycles. The van der Waals surface area contributed by atoms with Crippen LogP contribution in [0.15, 0.2) is 28.9 Å². The number of anilines is 2. The van der Waals surface area contributed by atoms with Gasteiger partial charge in [0.1, 0.15) is 11.6 Å². The van der Waals surface area contributed by atoms with Gasteiger partial charge in [0.15, 0.2) is 0 Å². The highest BCUT2D eigenvalue weighted by Gasteiger charge is 2.10. The van der Waals surface area contributed by atoms with E-state index in [1.165, 1.54) is 0 Å². The normalized spacial score (nSPS) is 10.5. The molecule has 2 heterocycles. The van der Waals surface area contributed by atoms with E-state index in [0.29, 0.717) is 18.2 Å². The van der Waals surface area contributed by atoms with E-state index in [-0.39, 0.29) is 0 Å². The number of hydrogen-bond donors (Lipinski definition) is 1. The van der Waals surface area contributed by atoms with Gasteiger partial charge in [0.25, 0.3) is 0 Å². The maximum atomic E-state index is 5.81. The van der Waals surface area contributed by atoms with Crippen molar-refractivity contribution < 1.29 is 9.15 Å². The van der Waals surface area contributed by atoms with E-state index < -0.39 is 0 Å². The van der Waals surface area contributed by atoms with Crippen LogP contribution in [0.2, 0.25) is 0 Å². The molecule has 0 spiro atoms. The van der Waals surface area contributed by atoms with Gasteiger partial charge in [0.05, 0.1) is 18.6 Å². The molecular weight excluding hydrogens is 242 g/mol. The van der Waals surface area contributed by atoms with Gasteiger partial charge in [-0.15, -0.1) is 0 Å². The predicted molar refractivity (Wildman–Crippen MR) is 75.4 cm³/mol. The molecule has 5 heteroatoms. The summed E-state index contributed by atoms with van der Waals surface area (Å²) in [6.07, 6.45) is 1.69. The number of ether oxygens (including phenoxy) is 1. The van der Waals surface area contributed by atoms with E-state index in [1.54, 1.807) is 6.26 Å². The van der Waals surface area contributed by atoms with Gasteiger partial charge in [-0.3, -0.25) is 0 Å². The fourth-order valence-corrected chi connectivity index (χ4v) is 1.82. The molecule has 0 aromatic carbocycles. The first kappa shape index (κ1) is 13.3. The summed E-state index contributed by atoms with van der Waals surface area (Å²) < 4.78 is 10.7. The van der Waals surface area contributed by atoms with Crippen molar-refractivity contribution in [3.8, 4) is 5.88 Å². The first-order valence-corrected chi connectivity index (χ1v) is 6.25. The Kier molecular flexibility index (Phi) is 3.94. The highest BCUT2D eigenvalue weighted by molar-refractivity contribution is 5.54. The Morgan fingerprint density at radius 3 is 2.79 bits per heavy atom. The van der Waals surface area contributed by atoms with Crippen molar-refractivity contribution in [1.29, 1.82) is 0 Å². The molecule has 5 nitrogen and oxygen atoms in total. The highest BCUT2D eigenvalue weighted by Crippen LogP contribution is 2.24. The average molecular weight is 261 g/mol. The minimum absolute atomic E-state index is 0.482. The van der Waals surface area contributed by atoms with Crippen molar-refractivity contribution in [2.75, 3.05) is 24.3 Å². The molecule has 0 aliphatic carbocycles. The molecule has 102 valence electrons. The quantitative estimate of drug-likeness (QED) is 0.896. The summed E-state index contributed by atoms with van der Waals surface area (Å²) >= 11 is 0. The maximum Gasteiger partial charge on any atom is 0.239 e. The van der Waals surface area contributed by atoms with E-state index in [4.69, 9.17) is 14.9 Å². The molecule has 0 atom stereocenters. The minimum Gasteiger partial charge on any atom is -0.476 e. The lowest BCUT2D eigenvalue weighted by Gasteiger charge is -2.19. The highest BCUT2D eigenvalue weighted by atomic mass is 16.5. The van der Waals surface area contributed by atoms with Crippen molar-refractivity contribution >= 4 is 11.5 Å². The Morgan fingerprint density at radius 2 is 2.16 bits per heavy atom. The summed E-state index contributed by atoms with van der Waals surface area (Å²) in [4.78, 5) is 6.45. The molecular formula is C14H19N3O2. The molecule has 0 unspecified atom stereocenters. The number of nitrogens with zero attached hydrogens (tertiary/aromatic N) is 2. The van der Waals surface area contributed by atoms with E-state index in [2.05, 4.69) is 4.98 Å². The molecule has 2 N–H and O–H groups in total. The van der Waals surface area contributed by atoms with Crippen LogP contribution in [0.1, 0.15) is 18.2 Å². The number of rotatable bonds is 5. The third-order valence-electron chi connectivity index (χ3n) is 2.92. The summed E-state index contributed by atoms with van der Waals surface area (Å²) in [5.74, 6) is 2.22. The number of hydrogen-bond acceptors (Lipinski definition) is 5. The predicted octanol–water partition coefficient (Wildman–Crippen LogP) is 2.60. The standard InChI is InChI=1S/C14H19N3O2/c1-4-18-14-12(15)5-6-13(16-14)17(3)9-11-7-8-19-10(11)2/h5-8H,4,9,15H2,1-3H3. The lowest BCUT2D eigenvalue weighted by atomic mass is 10.2. The van der Waals surface area contributed by atoms with Crippen LogP contribution < -0.4 is 15.4 Å². The van der Waals surface area contributed by atoms with Crippen molar-refractivity contribution in [2.24, 2.45) is 0 Å². The number of nitrogens with two attached hydrogens (primary N) is 1. The lowest BCUT2D eigenvalue weighted by Crippen LogP contribution is -2.18. The van der Waals surface area contributed by atoms with Gasteiger partial charge in [0, 0.05) is 19.2 Å². The average Bonchev–Trinajstić information content (AvgIpc) is 2.78. The monoisotopic (exact) mass is 261 g/mol. The minimum atomic E-state index is 0.482. The number of aromatic nitrogens is 1. The molecule has 2 rings (SSSR count). The Balaban J connectivity index is 2.17. The second-order valence-electron chi connectivity index (χ2n) is 4.35. The van der Waals surface area contributed by atoms with E-state index >= 15 is 0 Å². The van der Waals surface area contributed by atoms with E-state index in [0.717, 1.165) is 23.7 Å². The Morgan fingerprint density at radius 1 is 1.37 bits per heavy atom. The number of furan rings is 1. The number of aryl methyl sites for hydroxylation is 1. The lowest BCUT2D eigenvalue weighted by molar-refractivity contribution is 0.329. The smallest absolute Gasteiger partial charge is 0.239 e. The van der Waals surface area contributed by atoms with Crippen LogP contribution in [0.4, 0.5) is 11.5 Å². The third kappa shape index (κ3) is 2.99. The Hall–Kier alpha value is -2.17. The molecule has 0 fully saturated rings. The molecule has 2 aromatic rings. The van der Waals surface area contributed by atoms with Gasteiger partial charge in [-0.2, -0.15) is 4.98 Å². The third-order valence-corrected chi connectivity index (χ3v) is 2.92. The summed E-state index contributed by atoms with van der Waals surface area (Å²) in [6.45, 7) is 5.13. The molecule has 0 radical (unpaired) electrons. The SMILES string of the molecule is CCOc1nc(N(C)Cc2ccoc2C)ccc1N. The zero-order valence-corrected chi connectivity index (χ0v) is 11.5. The van der Waals surface area contributed by atoms with Crippen LogP contribution in [0.25, 0.3) is 0 Å². The van der Waals surface area contributed by atoms with Gasteiger partial charge in [0.2, 0.25) is 5.88 Å². The molecule has 19 heavy (non-hydrogen) atoms. The zero-order chi connectivity index (χ0) is 13.8. The first-order valence-electron chi connectivity index (χ1n) is 6.25. The molecule has 0 saturated heterocycles. The topological polar surface area (TPSA) is 64.5 Å². The summed E-state index contributed by atoms with van der Waals surface area (Å²) in [7, 11) is 1.97. The van der Waals surface area contributed by atoms with Gasteiger partial charge in [-0.25, -0.2) is 0 Å². The van der Waals surface area contributed by atoms with Crippen LogP contribution in [0.3, 0.4) is 0 Å². The number of pyridine rings is 1. The van der Waals surface area contributed by atoms with Crippen LogP contribution >= 0.6 is 0 Å². The van der Waals surface area contributed by atoms with Crippen LogP contribution in [0, 0.1) is 6.92 Å². The first-order chi connectivity index (χ1) is 9.11. The molecule has 0 aliphatic heterocycles. The molecule has 0 aliphatic rings. The van der Waals surface area contributed by atoms with Gasteiger partial charge in [-0.05, 0) is 32.0 Å². The maximum absolute atomic E-state index is 5.81. The van der Waals surface area contributed by atoms with Crippen molar-refractivity contribution in [2.45, 2.75) is 20.4 Å². The fourth-order valence-electron chi connectivity index (χ4n) is 1.82. The second kappa shape index (κ2) is 5.65. The summed E-state index contributed by atoms with van der Waals surface area (Å²) in [6, 6.07) is 5.66. The van der Waals surface area contributed by atoms with Gasteiger partial charge >= 0.3 is 0 Å². The van der Waals surface area contributed by atoms with Crippen molar-refractivity contribution in [3.05, 3.63) is 35.8 Å². The number of nitrogen functional groups attached to an aromatic ring is 1. The van der Waals surface area contributed by atoms with Crippen LogP contribution in [-0.2, 0) is 6.54 Å².